The van der Waals surface area contributed by atoms with E-state index in [4.69, 9.17) is 19.4 Å². The van der Waals surface area contributed by atoms with Crippen molar-refractivity contribution in [3.05, 3.63) is 209 Å². The van der Waals surface area contributed by atoms with Crippen molar-refractivity contribution < 1.29 is 4.42 Å². The lowest BCUT2D eigenvalue weighted by molar-refractivity contribution is 0.630. The summed E-state index contributed by atoms with van der Waals surface area (Å²) in [7, 11) is 0. The summed E-state index contributed by atoms with van der Waals surface area (Å²) in [5.41, 5.74) is 18.7. The summed E-state index contributed by atoms with van der Waals surface area (Å²) in [4.78, 5) is 15.5. The molecular formula is C57H41N3O. The molecule has 0 amide bonds. The number of hydrogen-bond donors (Lipinski definition) is 0. The first-order valence-electron chi connectivity index (χ1n) is 21.2. The van der Waals surface area contributed by atoms with Gasteiger partial charge in [-0.1, -0.05) is 185 Å². The Morgan fingerprint density at radius 1 is 0.508 bits per heavy atom. The second kappa shape index (κ2) is 13.6. The Morgan fingerprint density at radius 3 is 2.02 bits per heavy atom. The molecule has 4 heteroatoms. The zero-order valence-corrected chi connectivity index (χ0v) is 34.2. The van der Waals surface area contributed by atoms with Crippen LogP contribution in [-0.2, 0) is 5.41 Å². The maximum atomic E-state index is 6.56. The molecule has 7 aromatic carbocycles. The Bertz CT molecular complexity index is 3350. The number of fused-ring (bicyclic) bond motifs is 9. The van der Waals surface area contributed by atoms with Crippen LogP contribution in [0, 0.1) is 5.92 Å². The highest BCUT2D eigenvalue weighted by molar-refractivity contribution is 6.12. The van der Waals surface area contributed by atoms with Crippen molar-refractivity contribution in [3.63, 3.8) is 0 Å². The van der Waals surface area contributed by atoms with Crippen molar-refractivity contribution in [2.45, 2.75) is 32.1 Å². The predicted molar refractivity (Wildman–Crippen MR) is 250 cm³/mol. The van der Waals surface area contributed by atoms with E-state index in [-0.39, 0.29) is 11.3 Å². The van der Waals surface area contributed by atoms with Gasteiger partial charge in [-0.15, -0.1) is 0 Å². The van der Waals surface area contributed by atoms with Crippen LogP contribution in [0.15, 0.2) is 186 Å². The molecule has 3 aliphatic carbocycles. The lowest BCUT2D eigenvalue weighted by Crippen LogP contribution is -2.19. The van der Waals surface area contributed by atoms with E-state index in [0.29, 0.717) is 23.4 Å². The van der Waals surface area contributed by atoms with E-state index in [1.807, 2.05) is 30.3 Å². The van der Waals surface area contributed by atoms with Crippen LogP contribution in [0.2, 0.25) is 0 Å². The minimum atomic E-state index is -0.112. The van der Waals surface area contributed by atoms with Crippen LogP contribution in [-0.4, -0.2) is 15.0 Å². The quantitative estimate of drug-likeness (QED) is 0.174. The molecule has 0 saturated carbocycles. The van der Waals surface area contributed by atoms with Crippen molar-refractivity contribution in [1.82, 2.24) is 15.0 Å². The fourth-order valence-electron chi connectivity index (χ4n) is 10.4. The van der Waals surface area contributed by atoms with Crippen LogP contribution < -0.4 is 0 Å². The number of furan rings is 1. The van der Waals surface area contributed by atoms with Crippen molar-refractivity contribution in [2.75, 3.05) is 0 Å². The number of hydrogen-bond acceptors (Lipinski definition) is 4. The van der Waals surface area contributed by atoms with Crippen molar-refractivity contribution >= 4 is 33.6 Å². The molecule has 2 aromatic heterocycles. The Labute approximate surface area is 355 Å². The summed E-state index contributed by atoms with van der Waals surface area (Å²) in [5.74, 6) is 2.45. The smallest absolute Gasteiger partial charge is 0.164 e. The van der Waals surface area contributed by atoms with Gasteiger partial charge in [0.2, 0.25) is 0 Å². The van der Waals surface area contributed by atoms with E-state index in [1.165, 1.54) is 61.2 Å². The van der Waals surface area contributed by atoms with Gasteiger partial charge < -0.3 is 4.42 Å². The molecule has 0 fully saturated rings. The van der Waals surface area contributed by atoms with Gasteiger partial charge in [-0.05, 0) is 85.3 Å². The van der Waals surface area contributed by atoms with Gasteiger partial charge in [-0.3, -0.25) is 0 Å². The third-order valence-corrected chi connectivity index (χ3v) is 13.4. The molecule has 2 heterocycles. The molecule has 61 heavy (non-hydrogen) atoms. The summed E-state index contributed by atoms with van der Waals surface area (Å²) in [6.45, 7) is 7.04. The van der Waals surface area contributed by atoms with Gasteiger partial charge in [-0.25, -0.2) is 15.0 Å². The van der Waals surface area contributed by atoms with Gasteiger partial charge in [0.15, 0.2) is 17.5 Å². The van der Waals surface area contributed by atoms with E-state index in [0.717, 1.165) is 38.6 Å². The van der Waals surface area contributed by atoms with Gasteiger partial charge in [0.05, 0.1) is 0 Å². The fraction of sp³-hybridized carbons (Fsp3) is 0.105. The normalized spacial score (nSPS) is 17.0. The molecule has 0 bridgehead atoms. The molecular weight excluding hydrogens is 743 g/mol. The highest BCUT2D eigenvalue weighted by Gasteiger charge is 2.37. The van der Waals surface area contributed by atoms with Gasteiger partial charge in [0, 0.05) is 38.8 Å². The van der Waals surface area contributed by atoms with Gasteiger partial charge in [-0.2, -0.15) is 0 Å². The fourth-order valence-corrected chi connectivity index (χ4v) is 10.4. The Morgan fingerprint density at radius 2 is 1.16 bits per heavy atom. The third kappa shape index (κ3) is 5.55. The lowest BCUT2D eigenvalue weighted by Gasteiger charge is -2.34. The Hall–Kier alpha value is -7.43. The molecule has 2 atom stereocenters. The first-order valence-corrected chi connectivity index (χ1v) is 21.2. The van der Waals surface area contributed by atoms with E-state index in [2.05, 4.69) is 172 Å². The second-order valence-corrected chi connectivity index (χ2v) is 17.2. The van der Waals surface area contributed by atoms with Crippen LogP contribution in [0.5, 0.6) is 0 Å². The average Bonchev–Trinajstić information content (AvgIpc) is 3.80. The minimum Gasteiger partial charge on any atom is -0.456 e. The molecule has 0 saturated heterocycles. The number of aromatic nitrogens is 3. The molecule has 12 rings (SSSR count). The van der Waals surface area contributed by atoms with Crippen LogP contribution >= 0.6 is 0 Å². The van der Waals surface area contributed by atoms with Gasteiger partial charge >= 0.3 is 0 Å². The Kier molecular flexibility index (Phi) is 7.89. The molecule has 2 unspecified atom stereocenters. The molecule has 0 spiro atoms. The topological polar surface area (TPSA) is 51.8 Å². The maximum absolute atomic E-state index is 6.56. The van der Waals surface area contributed by atoms with Crippen LogP contribution in [0.1, 0.15) is 54.5 Å². The number of nitrogens with zero attached hydrogens (tertiary/aromatic N) is 3. The predicted octanol–water partition coefficient (Wildman–Crippen LogP) is 14.5. The summed E-state index contributed by atoms with van der Waals surface area (Å²) in [6.07, 6.45) is 9.13. The Balaban J connectivity index is 0.968. The third-order valence-electron chi connectivity index (χ3n) is 13.4. The molecule has 290 valence electrons. The van der Waals surface area contributed by atoms with Crippen LogP contribution in [0.3, 0.4) is 0 Å². The summed E-state index contributed by atoms with van der Waals surface area (Å²) in [6, 6.07) is 56.0. The highest BCUT2D eigenvalue weighted by atomic mass is 16.3. The molecule has 0 N–H and O–H groups in total. The first kappa shape index (κ1) is 35.5. The standard InChI is InChI=1S/C57H41N3O/c1-34-41(31-29-37-26-23-35-13-7-8-16-42(35)51(34)37)40-30-32-49-47(33-40)52-46(20-12-22-50(52)61-49)56-59-54(38-14-5-4-6-15-38)58-55(60-56)39-27-24-36(25-28-39)43-18-11-19-45-44-17-9-10-21-48(44)57(2,3)53(43)45/h4-34,51H,1-3H3. The summed E-state index contributed by atoms with van der Waals surface area (Å²) in [5, 5.41) is 2.04. The highest BCUT2D eigenvalue weighted by Crippen LogP contribution is 2.52. The molecule has 4 nitrogen and oxygen atoms in total. The van der Waals surface area contributed by atoms with Gasteiger partial charge in [0.25, 0.3) is 0 Å². The van der Waals surface area contributed by atoms with E-state index < -0.39 is 0 Å². The summed E-state index contributed by atoms with van der Waals surface area (Å²) >= 11 is 0. The SMILES string of the molecule is CC1C(c2ccc3oc4cccc(-c5nc(-c6ccccc6)nc(-c6ccc(-c7cccc8c7C(C)(C)c7ccccc7-8)cc6)n5)c4c3c2)=CC=C2C=Cc3ccccc3C21. The maximum Gasteiger partial charge on any atom is 0.164 e. The number of benzene rings is 7. The van der Waals surface area contributed by atoms with Gasteiger partial charge in [0.1, 0.15) is 11.2 Å². The van der Waals surface area contributed by atoms with E-state index in [9.17, 15) is 0 Å². The van der Waals surface area contributed by atoms with E-state index in [1.54, 1.807) is 0 Å². The summed E-state index contributed by atoms with van der Waals surface area (Å²) < 4.78 is 6.56. The molecule has 0 radical (unpaired) electrons. The van der Waals surface area contributed by atoms with Crippen molar-refractivity contribution in [1.29, 1.82) is 0 Å². The van der Waals surface area contributed by atoms with Crippen molar-refractivity contribution in [3.8, 4) is 56.4 Å². The lowest BCUT2D eigenvalue weighted by atomic mass is 9.70. The number of rotatable bonds is 5. The molecule has 3 aliphatic rings. The van der Waals surface area contributed by atoms with Crippen LogP contribution in [0.4, 0.5) is 0 Å². The number of allylic oxidation sites excluding steroid dienone is 5. The second-order valence-electron chi connectivity index (χ2n) is 17.2. The van der Waals surface area contributed by atoms with Crippen molar-refractivity contribution in [2.24, 2.45) is 5.92 Å². The monoisotopic (exact) mass is 783 g/mol. The molecule has 0 aliphatic heterocycles. The first-order chi connectivity index (χ1) is 29.9. The van der Waals surface area contributed by atoms with Crippen LogP contribution in [0.25, 0.3) is 90.0 Å². The van der Waals surface area contributed by atoms with E-state index >= 15 is 0 Å². The average molecular weight is 784 g/mol. The minimum absolute atomic E-state index is 0.112. The molecule has 9 aromatic rings. The largest absolute Gasteiger partial charge is 0.456 e. The zero-order valence-electron chi connectivity index (χ0n) is 34.2. The zero-order chi connectivity index (χ0) is 40.8.